The molecule has 5 nitrogen and oxygen atoms in total. The fraction of sp³-hybridized carbons (Fsp3) is 0.391. The van der Waals surface area contributed by atoms with E-state index in [1.54, 1.807) is 12.1 Å². The van der Waals surface area contributed by atoms with Gasteiger partial charge in [-0.15, -0.1) is 0 Å². The predicted octanol–water partition coefficient (Wildman–Crippen LogP) is 6.06. The second-order valence-electron chi connectivity index (χ2n) is 8.05. The largest absolute Gasteiger partial charge is 0.284 e. The molecule has 2 atom stereocenters. The predicted molar refractivity (Wildman–Crippen MR) is 136 cm³/mol. The van der Waals surface area contributed by atoms with Crippen molar-refractivity contribution in [1.29, 1.82) is 0 Å². The highest BCUT2D eigenvalue weighted by Crippen LogP contribution is 2.42. The molecule has 0 saturated carbocycles. The highest BCUT2D eigenvalue weighted by molar-refractivity contribution is 14.1. The lowest BCUT2D eigenvalue weighted by molar-refractivity contribution is -0.119. The Morgan fingerprint density at radius 3 is 2.39 bits per heavy atom. The molecule has 31 heavy (non-hydrogen) atoms. The van der Waals surface area contributed by atoms with E-state index in [0.717, 1.165) is 40.8 Å². The third-order valence-corrected chi connectivity index (χ3v) is 7.11. The number of benzene rings is 2. The summed E-state index contributed by atoms with van der Waals surface area (Å²) in [5.74, 6) is -0.253. The first-order valence-electron chi connectivity index (χ1n) is 10.6. The second-order valence-corrected chi connectivity index (χ2v) is 10.1. The molecule has 1 N–H and O–H groups in total. The molecule has 2 aromatic carbocycles. The van der Waals surface area contributed by atoms with Gasteiger partial charge in [0.05, 0.1) is 16.8 Å². The summed E-state index contributed by atoms with van der Waals surface area (Å²) in [6.45, 7) is 3.80. The maximum absolute atomic E-state index is 13.2. The number of carbonyl (C=O) groups excluding carboxylic acids is 1. The number of hydrazine groups is 1. The number of hydrogen-bond donors (Lipinski definition) is 1. The topological polar surface area (TPSA) is 47.9 Å². The van der Waals surface area contributed by atoms with Gasteiger partial charge in [-0.25, -0.2) is 5.01 Å². The van der Waals surface area contributed by atoms with Crippen LogP contribution in [0.5, 0.6) is 0 Å². The Morgan fingerprint density at radius 1 is 1.06 bits per heavy atom. The Balaban J connectivity index is 1.66. The average Bonchev–Trinajstić information content (AvgIpc) is 2.89. The summed E-state index contributed by atoms with van der Waals surface area (Å²) in [6, 6.07) is 13.5. The molecule has 0 spiro atoms. The molecule has 0 unspecified atom stereocenters. The molecule has 0 radical (unpaired) electrons. The van der Waals surface area contributed by atoms with Gasteiger partial charge >= 0.3 is 0 Å². The fourth-order valence-corrected chi connectivity index (χ4v) is 5.08. The fourth-order valence-electron chi connectivity index (χ4n) is 4.23. The van der Waals surface area contributed by atoms with Gasteiger partial charge in [-0.1, -0.05) is 55.1 Å². The molecule has 164 valence electrons. The van der Waals surface area contributed by atoms with Gasteiger partial charge in [-0.3, -0.25) is 15.2 Å². The summed E-state index contributed by atoms with van der Waals surface area (Å²) in [6.07, 6.45) is 4.61. The lowest BCUT2D eigenvalue weighted by Crippen LogP contribution is -2.46. The molecule has 0 bridgehead atoms. The molecule has 2 aliphatic rings. The van der Waals surface area contributed by atoms with E-state index in [4.69, 9.17) is 28.3 Å². The molecule has 1 amide bonds. The first-order chi connectivity index (χ1) is 14.9. The van der Waals surface area contributed by atoms with Crippen molar-refractivity contribution >= 4 is 63.1 Å². The average molecular weight is 571 g/mol. The van der Waals surface area contributed by atoms with Gasteiger partial charge < -0.3 is 0 Å². The molecule has 4 rings (SSSR count). The molecular formula is C23H25Cl2IN4O. The van der Waals surface area contributed by atoms with Crippen molar-refractivity contribution < 1.29 is 4.79 Å². The van der Waals surface area contributed by atoms with Crippen LogP contribution in [0, 0.1) is 9.49 Å². The number of halogens is 3. The third-order valence-electron chi connectivity index (χ3n) is 5.85. The molecule has 2 heterocycles. The van der Waals surface area contributed by atoms with Crippen molar-refractivity contribution in [2.75, 3.05) is 18.1 Å². The number of nitrogens with zero attached hydrogens (tertiary/aromatic N) is 3. The zero-order valence-electron chi connectivity index (χ0n) is 17.3. The van der Waals surface area contributed by atoms with Gasteiger partial charge in [0.1, 0.15) is 5.71 Å². The van der Waals surface area contributed by atoms with Gasteiger partial charge in [-0.05, 0) is 71.3 Å². The first kappa shape index (κ1) is 22.8. The van der Waals surface area contributed by atoms with Gasteiger partial charge in [0, 0.05) is 27.6 Å². The minimum absolute atomic E-state index is 0.112. The first-order valence-corrected chi connectivity index (χ1v) is 12.4. The Kier molecular flexibility index (Phi) is 7.41. The SMILES string of the molecule is C[C@@H]1C(C(=O)NN2CCCCCC2)=NN(c2ccc(Cl)cc2Cl)[C@H]1c1ccc(I)cc1. The van der Waals surface area contributed by atoms with Crippen molar-refractivity contribution in [3.05, 3.63) is 61.6 Å². The van der Waals surface area contributed by atoms with Crippen LogP contribution < -0.4 is 10.4 Å². The maximum atomic E-state index is 13.2. The molecule has 0 aromatic heterocycles. The summed E-state index contributed by atoms with van der Waals surface area (Å²) in [7, 11) is 0. The van der Waals surface area contributed by atoms with E-state index in [9.17, 15) is 4.79 Å². The lowest BCUT2D eigenvalue weighted by atomic mass is 9.91. The minimum Gasteiger partial charge on any atom is -0.284 e. The number of nitrogens with one attached hydrogen (secondary N) is 1. The van der Waals surface area contributed by atoms with Crippen molar-refractivity contribution in [3.63, 3.8) is 0 Å². The summed E-state index contributed by atoms with van der Waals surface area (Å²) < 4.78 is 1.16. The summed E-state index contributed by atoms with van der Waals surface area (Å²) in [5.41, 5.74) is 5.42. The van der Waals surface area contributed by atoms with E-state index in [1.807, 2.05) is 23.0 Å². The smallest absolute Gasteiger partial charge is 0.282 e. The quantitative estimate of drug-likeness (QED) is 0.455. The van der Waals surface area contributed by atoms with Crippen molar-refractivity contribution in [1.82, 2.24) is 10.4 Å². The van der Waals surface area contributed by atoms with Crippen LogP contribution in [0.25, 0.3) is 0 Å². The number of hydrazone groups is 1. The van der Waals surface area contributed by atoms with Gasteiger partial charge in [0.15, 0.2) is 0 Å². The second kappa shape index (κ2) is 10.1. The Bertz CT molecular complexity index is 974. The molecule has 0 aliphatic carbocycles. The van der Waals surface area contributed by atoms with Crippen LogP contribution in [0.15, 0.2) is 47.6 Å². The Morgan fingerprint density at radius 2 is 1.74 bits per heavy atom. The number of amides is 1. The van der Waals surface area contributed by atoms with E-state index in [1.165, 1.54) is 12.8 Å². The van der Waals surface area contributed by atoms with Gasteiger partial charge in [0.25, 0.3) is 5.91 Å². The lowest BCUT2D eigenvalue weighted by Gasteiger charge is -2.28. The normalized spacial score (nSPS) is 22.2. The number of rotatable bonds is 4. The molecule has 2 aliphatic heterocycles. The Labute approximate surface area is 206 Å². The van der Waals surface area contributed by atoms with Crippen molar-refractivity contribution in [2.24, 2.45) is 11.0 Å². The highest BCUT2D eigenvalue weighted by Gasteiger charge is 2.40. The van der Waals surface area contributed by atoms with Crippen LogP contribution in [-0.2, 0) is 4.79 Å². The molecule has 2 aromatic rings. The summed E-state index contributed by atoms with van der Waals surface area (Å²) in [5, 5.41) is 9.75. The van der Waals surface area contributed by atoms with E-state index < -0.39 is 0 Å². The van der Waals surface area contributed by atoms with Crippen LogP contribution in [-0.4, -0.2) is 29.7 Å². The van der Waals surface area contributed by atoms with E-state index in [2.05, 4.69) is 52.3 Å². The zero-order valence-corrected chi connectivity index (χ0v) is 21.0. The molecule has 1 saturated heterocycles. The number of carbonyl (C=O) groups is 1. The minimum atomic E-state index is -0.141. The third kappa shape index (κ3) is 5.18. The standard InChI is InChI=1S/C23H25Cl2IN4O/c1-15-21(23(31)28-29-12-4-2-3-5-13-29)27-30(20-11-8-17(24)14-19(20)25)22(15)16-6-9-18(26)10-7-16/h6-11,14-15,22H,2-5,12-13H2,1H3,(H,28,31)/t15-,22-/m1/s1. The van der Waals surface area contributed by atoms with E-state index in [-0.39, 0.29) is 17.9 Å². The molecule has 1 fully saturated rings. The van der Waals surface area contributed by atoms with E-state index in [0.29, 0.717) is 15.8 Å². The molecular weight excluding hydrogens is 546 g/mol. The number of hydrogen-bond acceptors (Lipinski definition) is 4. The van der Waals surface area contributed by atoms with Crippen LogP contribution in [0.4, 0.5) is 5.69 Å². The van der Waals surface area contributed by atoms with Crippen molar-refractivity contribution in [2.45, 2.75) is 38.6 Å². The van der Waals surface area contributed by atoms with Crippen LogP contribution in [0.3, 0.4) is 0 Å². The number of anilines is 1. The van der Waals surface area contributed by atoms with Crippen molar-refractivity contribution in [3.8, 4) is 0 Å². The van der Waals surface area contributed by atoms with E-state index >= 15 is 0 Å². The molecule has 8 heteroatoms. The highest BCUT2D eigenvalue weighted by atomic mass is 127. The zero-order chi connectivity index (χ0) is 22.0. The maximum Gasteiger partial charge on any atom is 0.282 e. The van der Waals surface area contributed by atoms with Crippen LogP contribution in [0.1, 0.15) is 44.2 Å². The summed E-state index contributed by atoms with van der Waals surface area (Å²) >= 11 is 14.9. The van der Waals surface area contributed by atoms with Crippen LogP contribution in [0.2, 0.25) is 10.0 Å². The summed E-state index contributed by atoms with van der Waals surface area (Å²) in [4.78, 5) is 13.2. The van der Waals surface area contributed by atoms with Gasteiger partial charge in [0.2, 0.25) is 0 Å². The monoisotopic (exact) mass is 570 g/mol. The Hall–Kier alpha value is -1.35. The van der Waals surface area contributed by atoms with Crippen LogP contribution >= 0.6 is 45.8 Å². The van der Waals surface area contributed by atoms with Gasteiger partial charge in [-0.2, -0.15) is 5.10 Å².